The number of nitrogens with zero attached hydrogens (tertiary/aromatic N) is 2. The molecule has 4 nitrogen and oxygen atoms in total. The Hall–Kier alpha value is -1.58. The molecule has 0 saturated carbocycles. The van der Waals surface area contributed by atoms with Crippen LogP contribution in [-0.4, -0.2) is 47.8 Å². The number of allylic oxidation sites excluding steroid dienone is 3. The lowest BCUT2D eigenvalue weighted by atomic mass is 10.1. The fourth-order valence-corrected chi connectivity index (χ4v) is 5.25. The topological polar surface area (TPSA) is 40.6 Å². The zero-order valence-corrected chi connectivity index (χ0v) is 25.8. The van der Waals surface area contributed by atoms with Crippen molar-refractivity contribution in [3.8, 4) is 0 Å². The van der Waals surface area contributed by atoms with Crippen molar-refractivity contribution in [1.82, 2.24) is 9.80 Å². The van der Waals surface area contributed by atoms with Gasteiger partial charge in [0.25, 0.3) is 0 Å². The average molecular weight is 531 g/mol. The van der Waals surface area contributed by atoms with E-state index in [0.717, 1.165) is 71.1 Å². The quantitative estimate of drug-likeness (QED) is 0.147. The summed E-state index contributed by atoms with van der Waals surface area (Å²) in [5, 5.41) is 0. The van der Waals surface area contributed by atoms with E-state index in [4.69, 9.17) is 0 Å². The Morgan fingerprint density at radius 1 is 0.658 bits per heavy atom. The highest BCUT2D eigenvalue weighted by Gasteiger charge is 2.16. The minimum atomic E-state index is 0.334. The summed E-state index contributed by atoms with van der Waals surface area (Å²) in [7, 11) is 0. The molecule has 0 aromatic rings. The molecule has 2 aliphatic heterocycles. The van der Waals surface area contributed by atoms with E-state index < -0.39 is 0 Å². The molecule has 0 spiro atoms. The van der Waals surface area contributed by atoms with E-state index in [1.165, 1.54) is 94.6 Å². The lowest BCUT2D eigenvalue weighted by Crippen LogP contribution is -2.31. The zero-order chi connectivity index (χ0) is 27.8. The van der Waals surface area contributed by atoms with Gasteiger partial charge in [-0.25, -0.2) is 0 Å². The highest BCUT2D eigenvalue weighted by atomic mass is 16.2. The van der Waals surface area contributed by atoms with Crippen molar-refractivity contribution >= 4 is 11.8 Å². The van der Waals surface area contributed by atoms with Gasteiger partial charge in [0, 0.05) is 39.0 Å². The predicted octanol–water partition coefficient (Wildman–Crippen LogP) is 9.39. The number of rotatable bonds is 16. The minimum Gasteiger partial charge on any atom is -0.343 e. The van der Waals surface area contributed by atoms with Crippen LogP contribution in [-0.2, 0) is 9.59 Å². The molecule has 4 heteroatoms. The molecule has 0 unspecified atom stereocenters. The molecule has 0 aliphatic carbocycles. The summed E-state index contributed by atoms with van der Waals surface area (Å²) >= 11 is 0. The van der Waals surface area contributed by atoms with E-state index in [0.29, 0.717) is 11.8 Å². The Balaban J connectivity index is 0.000000382. The number of unbranched alkanes of at least 4 members (excludes halogenated alkanes) is 9. The molecule has 0 bridgehead atoms. The van der Waals surface area contributed by atoms with E-state index in [9.17, 15) is 9.59 Å². The summed E-state index contributed by atoms with van der Waals surface area (Å²) in [6, 6.07) is 0. The Morgan fingerprint density at radius 2 is 1.18 bits per heavy atom. The second-order valence-corrected chi connectivity index (χ2v) is 11.9. The molecule has 0 atom stereocenters. The fraction of sp³-hybridized carbons (Fsp3) is 0.824. The van der Waals surface area contributed by atoms with Crippen LogP contribution < -0.4 is 0 Å². The van der Waals surface area contributed by atoms with Crippen molar-refractivity contribution in [1.29, 1.82) is 0 Å². The third-order valence-corrected chi connectivity index (χ3v) is 7.88. The van der Waals surface area contributed by atoms with Gasteiger partial charge in [-0.2, -0.15) is 0 Å². The molecular weight excluding hydrogens is 468 g/mol. The second-order valence-electron chi connectivity index (χ2n) is 11.9. The number of carbonyl (C=O) groups excluding carboxylic acids is 2. The summed E-state index contributed by atoms with van der Waals surface area (Å²) in [4.78, 5) is 27.8. The number of likely N-dealkylation sites (tertiary alicyclic amines) is 2. The van der Waals surface area contributed by atoms with Gasteiger partial charge >= 0.3 is 0 Å². The van der Waals surface area contributed by atoms with E-state index >= 15 is 0 Å². The van der Waals surface area contributed by atoms with Gasteiger partial charge in [0.15, 0.2) is 0 Å². The van der Waals surface area contributed by atoms with Crippen LogP contribution >= 0.6 is 0 Å². The van der Waals surface area contributed by atoms with Crippen LogP contribution in [0.25, 0.3) is 0 Å². The second kappa shape index (κ2) is 23.3. The molecule has 2 heterocycles. The van der Waals surface area contributed by atoms with E-state index in [1.54, 1.807) is 0 Å². The fourth-order valence-electron chi connectivity index (χ4n) is 5.25. The SMILES string of the molecule is CC(C)=CCC/C(C)=C/CN1CCCCCC1=O.CCCCCCCCCCCCN1CCCCCC1=O. The molecule has 38 heavy (non-hydrogen) atoms. The first-order chi connectivity index (χ1) is 18.4. The number of carbonyl (C=O) groups is 2. The molecule has 0 N–H and O–H groups in total. The summed E-state index contributed by atoms with van der Waals surface area (Å²) in [6.45, 7) is 12.5. The molecule has 2 aliphatic rings. The Bertz CT molecular complexity index is 678. The maximum atomic E-state index is 11.8. The first kappa shape index (κ1) is 34.4. The van der Waals surface area contributed by atoms with Crippen LogP contribution in [0.5, 0.6) is 0 Å². The highest BCUT2D eigenvalue weighted by molar-refractivity contribution is 5.76. The zero-order valence-electron chi connectivity index (χ0n) is 25.8. The van der Waals surface area contributed by atoms with Gasteiger partial charge in [-0.05, 0) is 65.7 Å². The van der Waals surface area contributed by atoms with Gasteiger partial charge in [0.1, 0.15) is 0 Å². The number of amides is 2. The van der Waals surface area contributed by atoms with E-state index in [2.05, 4.69) is 44.7 Å². The van der Waals surface area contributed by atoms with E-state index in [1.807, 2.05) is 4.90 Å². The van der Waals surface area contributed by atoms with Crippen LogP contribution in [0, 0.1) is 0 Å². The maximum absolute atomic E-state index is 11.8. The van der Waals surface area contributed by atoms with Crippen molar-refractivity contribution in [3.63, 3.8) is 0 Å². The number of hydrogen-bond acceptors (Lipinski definition) is 2. The van der Waals surface area contributed by atoms with Crippen molar-refractivity contribution in [2.45, 2.75) is 156 Å². The van der Waals surface area contributed by atoms with Crippen LogP contribution in [0.2, 0.25) is 0 Å². The van der Waals surface area contributed by atoms with Gasteiger partial charge in [-0.15, -0.1) is 0 Å². The Kier molecular flexibility index (Phi) is 21.1. The summed E-state index contributed by atoms with van der Waals surface area (Å²) in [6.07, 6.45) is 28.9. The minimum absolute atomic E-state index is 0.334. The Morgan fingerprint density at radius 3 is 1.76 bits per heavy atom. The Labute approximate surface area is 236 Å². The van der Waals surface area contributed by atoms with Crippen LogP contribution in [0.1, 0.15) is 156 Å². The maximum Gasteiger partial charge on any atom is 0.222 e. The summed E-state index contributed by atoms with van der Waals surface area (Å²) in [5.41, 5.74) is 2.77. The molecule has 2 fully saturated rings. The molecular formula is C34H62N2O2. The van der Waals surface area contributed by atoms with Crippen molar-refractivity contribution in [2.24, 2.45) is 0 Å². The summed E-state index contributed by atoms with van der Waals surface area (Å²) < 4.78 is 0. The van der Waals surface area contributed by atoms with Gasteiger partial charge in [0.2, 0.25) is 11.8 Å². The van der Waals surface area contributed by atoms with Crippen LogP contribution in [0.15, 0.2) is 23.3 Å². The molecule has 0 aromatic carbocycles. The van der Waals surface area contributed by atoms with Gasteiger partial charge < -0.3 is 9.80 Å². The predicted molar refractivity (Wildman–Crippen MR) is 164 cm³/mol. The molecule has 2 amide bonds. The molecule has 2 rings (SSSR count). The standard InChI is InChI=1S/C18H35NO.C16H27NO/c1-2-3-4-5-6-7-8-9-10-13-16-19-17-14-11-12-15-18(19)20;1-14(2)8-7-9-15(3)11-13-17-12-6-4-5-10-16(17)18/h2-17H2,1H3;8,11H,4-7,9-10,12-13H2,1-3H3/b;15-11+. The van der Waals surface area contributed by atoms with Gasteiger partial charge in [0.05, 0.1) is 0 Å². The van der Waals surface area contributed by atoms with Crippen LogP contribution in [0.3, 0.4) is 0 Å². The van der Waals surface area contributed by atoms with Gasteiger partial charge in [-0.1, -0.05) is 101 Å². The third kappa shape index (κ3) is 18.6. The highest BCUT2D eigenvalue weighted by Crippen LogP contribution is 2.15. The first-order valence-electron chi connectivity index (χ1n) is 16.3. The lowest BCUT2D eigenvalue weighted by molar-refractivity contribution is -0.131. The van der Waals surface area contributed by atoms with Crippen molar-refractivity contribution < 1.29 is 9.59 Å². The smallest absolute Gasteiger partial charge is 0.222 e. The molecule has 0 radical (unpaired) electrons. The van der Waals surface area contributed by atoms with Gasteiger partial charge in [-0.3, -0.25) is 9.59 Å². The monoisotopic (exact) mass is 530 g/mol. The third-order valence-electron chi connectivity index (χ3n) is 7.88. The van der Waals surface area contributed by atoms with Crippen LogP contribution in [0.4, 0.5) is 0 Å². The summed E-state index contributed by atoms with van der Waals surface area (Å²) in [5.74, 6) is 0.735. The lowest BCUT2D eigenvalue weighted by Gasteiger charge is -2.20. The van der Waals surface area contributed by atoms with E-state index in [-0.39, 0.29) is 0 Å². The molecule has 2 saturated heterocycles. The largest absolute Gasteiger partial charge is 0.343 e. The van der Waals surface area contributed by atoms with Crippen molar-refractivity contribution in [2.75, 3.05) is 26.2 Å². The molecule has 0 aromatic heterocycles. The average Bonchev–Trinajstić information content (AvgIpc) is 3.23. The van der Waals surface area contributed by atoms with Crippen molar-refractivity contribution in [3.05, 3.63) is 23.3 Å². The first-order valence-corrected chi connectivity index (χ1v) is 16.3. The normalized spacial score (nSPS) is 17.0. The molecule has 220 valence electrons. The number of hydrogen-bond donors (Lipinski definition) is 0.